The molecule has 1 aromatic carbocycles. The van der Waals surface area contributed by atoms with Gasteiger partial charge in [0.15, 0.2) is 0 Å². The molecule has 0 radical (unpaired) electrons. The third kappa shape index (κ3) is 3.80. The van der Waals surface area contributed by atoms with E-state index >= 15 is 0 Å². The fraction of sp³-hybridized carbons (Fsp3) is 0.455. The highest BCUT2D eigenvalue weighted by Crippen LogP contribution is 2.24. The Hall–Kier alpha value is 0.280. The van der Waals surface area contributed by atoms with E-state index in [1.165, 1.54) is 12.8 Å². The summed E-state index contributed by atoms with van der Waals surface area (Å²) >= 11 is 15.5. The van der Waals surface area contributed by atoms with Gasteiger partial charge >= 0.3 is 0 Å². The van der Waals surface area contributed by atoms with Crippen molar-refractivity contribution in [3.05, 3.63) is 33.8 Å². The second-order valence-corrected chi connectivity index (χ2v) is 5.46. The van der Waals surface area contributed by atoms with E-state index in [2.05, 4.69) is 22.9 Å². The predicted molar refractivity (Wildman–Crippen MR) is 67.8 cm³/mol. The second-order valence-electron chi connectivity index (χ2n) is 3.33. The van der Waals surface area contributed by atoms with Crippen LogP contribution in [-0.4, -0.2) is 4.83 Å². The molecule has 0 aromatic heterocycles. The Morgan fingerprint density at radius 2 is 2.07 bits per heavy atom. The molecule has 0 spiro atoms. The lowest BCUT2D eigenvalue weighted by atomic mass is 10.1. The third-order valence-corrected chi connectivity index (χ3v) is 3.43. The van der Waals surface area contributed by atoms with Crippen molar-refractivity contribution in [3.63, 3.8) is 0 Å². The smallest absolute Gasteiger partial charge is 0.0453 e. The number of hydrogen-bond acceptors (Lipinski definition) is 0. The van der Waals surface area contributed by atoms with E-state index in [-0.39, 0.29) is 0 Å². The molecular formula is C11H13BrCl2. The molecule has 78 valence electrons. The molecule has 0 aliphatic heterocycles. The van der Waals surface area contributed by atoms with Gasteiger partial charge in [-0.1, -0.05) is 58.5 Å². The van der Waals surface area contributed by atoms with E-state index in [0.717, 1.165) is 17.0 Å². The Morgan fingerprint density at radius 1 is 1.36 bits per heavy atom. The summed E-state index contributed by atoms with van der Waals surface area (Å²) in [6.45, 7) is 2.18. The van der Waals surface area contributed by atoms with Gasteiger partial charge < -0.3 is 0 Å². The summed E-state index contributed by atoms with van der Waals surface area (Å²) in [5.41, 5.74) is 1.16. The Balaban J connectivity index is 2.67. The Bertz CT molecular complexity index is 299. The Kier molecular flexibility index (Phi) is 5.29. The SMILES string of the molecule is CCCC(Br)Cc1ccc(Cl)cc1Cl. The standard InChI is InChI=1S/C11H13BrCl2/c1-2-3-9(12)6-8-4-5-10(13)7-11(8)14/h4-5,7,9H,2-3,6H2,1H3. The summed E-state index contributed by atoms with van der Waals surface area (Å²) in [7, 11) is 0. The fourth-order valence-electron chi connectivity index (χ4n) is 1.34. The molecule has 0 N–H and O–H groups in total. The van der Waals surface area contributed by atoms with Crippen LogP contribution in [0.5, 0.6) is 0 Å². The number of benzene rings is 1. The van der Waals surface area contributed by atoms with Crippen molar-refractivity contribution < 1.29 is 0 Å². The minimum absolute atomic E-state index is 0.506. The normalized spacial score (nSPS) is 12.9. The summed E-state index contributed by atoms with van der Waals surface area (Å²) in [6, 6.07) is 5.67. The largest absolute Gasteiger partial charge is 0.0887 e. The van der Waals surface area contributed by atoms with Gasteiger partial charge in [-0.3, -0.25) is 0 Å². The van der Waals surface area contributed by atoms with E-state index < -0.39 is 0 Å². The summed E-state index contributed by atoms with van der Waals surface area (Å²) in [5.74, 6) is 0. The van der Waals surface area contributed by atoms with Crippen molar-refractivity contribution in [2.45, 2.75) is 31.0 Å². The molecule has 0 nitrogen and oxygen atoms in total. The molecule has 0 bridgehead atoms. The summed E-state index contributed by atoms with van der Waals surface area (Å²) < 4.78 is 0. The van der Waals surface area contributed by atoms with Gasteiger partial charge in [0, 0.05) is 14.9 Å². The summed E-state index contributed by atoms with van der Waals surface area (Å²) in [5, 5.41) is 1.46. The van der Waals surface area contributed by atoms with Gasteiger partial charge in [-0.25, -0.2) is 0 Å². The highest BCUT2D eigenvalue weighted by atomic mass is 79.9. The number of halogens is 3. The zero-order valence-electron chi connectivity index (χ0n) is 8.06. The first-order chi connectivity index (χ1) is 6.63. The first-order valence-electron chi connectivity index (χ1n) is 4.71. The molecule has 0 aliphatic carbocycles. The van der Waals surface area contributed by atoms with E-state index in [1.807, 2.05) is 12.1 Å². The molecule has 1 aromatic rings. The fourth-order valence-corrected chi connectivity index (χ4v) is 2.63. The van der Waals surface area contributed by atoms with Gasteiger partial charge in [-0.2, -0.15) is 0 Å². The first-order valence-corrected chi connectivity index (χ1v) is 6.38. The maximum Gasteiger partial charge on any atom is 0.0453 e. The zero-order chi connectivity index (χ0) is 10.6. The quantitative estimate of drug-likeness (QED) is 0.678. The van der Waals surface area contributed by atoms with Crippen LogP contribution in [0.25, 0.3) is 0 Å². The van der Waals surface area contributed by atoms with E-state index in [9.17, 15) is 0 Å². The molecule has 1 atom stereocenters. The van der Waals surface area contributed by atoms with Crippen LogP contribution >= 0.6 is 39.1 Å². The van der Waals surface area contributed by atoms with Gasteiger partial charge in [0.25, 0.3) is 0 Å². The minimum atomic E-state index is 0.506. The van der Waals surface area contributed by atoms with Crippen LogP contribution in [0.1, 0.15) is 25.3 Å². The van der Waals surface area contributed by atoms with Crippen molar-refractivity contribution in [1.29, 1.82) is 0 Å². The number of alkyl halides is 1. The molecule has 1 rings (SSSR count). The van der Waals surface area contributed by atoms with Crippen LogP contribution in [0, 0.1) is 0 Å². The third-order valence-electron chi connectivity index (χ3n) is 2.06. The van der Waals surface area contributed by atoms with Gasteiger partial charge in [-0.15, -0.1) is 0 Å². The van der Waals surface area contributed by atoms with Gasteiger partial charge in [0.1, 0.15) is 0 Å². The summed E-state index contributed by atoms with van der Waals surface area (Å²) in [6.07, 6.45) is 3.31. The van der Waals surface area contributed by atoms with Crippen molar-refractivity contribution in [2.24, 2.45) is 0 Å². The van der Waals surface area contributed by atoms with Gasteiger partial charge in [0.2, 0.25) is 0 Å². The lowest BCUT2D eigenvalue weighted by molar-refractivity contribution is 0.745. The van der Waals surface area contributed by atoms with Crippen LogP contribution in [0.15, 0.2) is 18.2 Å². The lowest BCUT2D eigenvalue weighted by Crippen LogP contribution is -2.02. The predicted octanol–water partition coefficient (Wildman–Crippen LogP) is 5.10. The first kappa shape index (κ1) is 12.4. The Labute approximate surface area is 104 Å². The Morgan fingerprint density at radius 3 is 2.64 bits per heavy atom. The number of rotatable bonds is 4. The molecule has 0 saturated carbocycles. The molecule has 0 heterocycles. The molecule has 0 saturated heterocycles. The van der Waals surface area contributed by atoms with E-state index in [0.29, 0.717) is 9.85 Å². The van der Waals surface area contributed by atoms with Crippen molar-refractivity contribution in [3.8, 4) is 0 Å². The molecule has 1 unspecified atom stereocenters. The van der Waals surface area contributed by atoms with Gasteiger partial charge in [0.05, 0.1) is 0 Å². The number of hydrogen-bond donors (Lipinski definition) is 0. The maximum atomic E-state index is 6.07. The molecule has 0 amide bonds. The van der Waals surface area contributed by atoms with Crippen LogP contribution in [0.4, 0.5) is 0 Å². The molecule has 3 heteroatoms. The summed E-state index contributed by atoms with van der Waals surface area (Å²) in [4.78, 5) is 0.506. The zero-order valence-corrected chi connectivity index (χ0v) is 11.2. The van der Waals surface area contributed by atoms with Crippen LogP contribution < -0.4 is 0 Å². The van der Waals surface area contributed by atoms with E-state index in [4.69, 9.17) is 23.2 Å². The molecule has 0 fully saturated rings. The average Bonchev–Trinajstić information content (AvgIpc) is 2.10. The molecule has 0 aliphatic rings. The minimum Gasteiger partial charge on any atom is -0.0887 e. The average molecular weight is 296 g/mol. The van der Waals surface area contributed by atoms with Crippen LogP contribution in [-0.2, 0) is 6.42 Å². The maximum absolute atomic E-state index is 6.07. The van der Waals surface area contributed by atoms with Crippen LogP contribution in [0.3, 0.4) is 0 Å². The molecule has 14 heavy (non-hydrogen) atoms. The van der Waals surface area contributed by atoms with Crippen molar-refractivity contribution >= 4 is 39.1 Å². The second kappa shape index (κ2) is 5.99. The highest BCUT2D eigenvalue weighted by molar-refractivity contribution is 9.09. The highest BCUT2D eigenvalue weighted by Gasteiger charge is 2.07. The van der Waals surface area contributed by atoms with Gasteiger partial charge in [-0.05, 0) is 30.5 Å². The topological polar surface area (TPSA) is 0 Å². The van der Waals surface area contributed by atoms with E-state index in [1.54, 1.807) is 6.07 Å². The lowest BCUT2D eigenvalue weighted by Gasteiger charge is -2.09. The van der Waals surface area contributed by atoms with Crippen molar-refractivity contribution in [1.82, 2.24) is 0 Å². The molecular weight excluding hydrogens is 283 g/mol. The van der Waals surface area contributed by atoms with Crippen LogP contribution in [0.2, 0.25) is 10.0 Å². The van der Waals surface area contributed by atoms with Crippen molar-refractivity contribution in [2.75, 3.05) is 0 Å². The monoisotopic (exact) mass is 294 g/mol.